The fraction of sp³-hybridized carbons (Fsp3) is 0.0392. The summed E-state index contributed by atoms with van der Waals surface area (Å²) < 4.78 is 2.30. The summed E-state index contributed by atoms with van der Waals surface area (Å²) in [6.07, 6.45) is 0.872. The second kappa shape index (κ2) is 13.9. The zero-order chi connectivity index (χ0) is 42.0. The topological polar surface area (TPSA) is 17.8 Å². The van der Waals surface area contributed by atoms with E-state index in [0.717, 1.165) is 29.0 Å². The summed E-state index contributed by atoms with van der Waals surface area (Å²) in [6, 6.07) is 47.5. The highest BCUT2D eigenvalue weighted by molar-refractivity contribution is 6.71. The van der Waals surface area contributed by atoms with Gasteiger partial charge in [0.05, 0.1) is 11.0 Å². The smallest absolute Gasteiger partial charge is 0.139 e. The van der Waals surface area contributed by atoms with Crippen molar-refractivity contribution in [3.8, 4) is 61.3 Å². The molecule has 0 bridgehead atoms. The Balaban J connectivity index is 1.16. The number of rotatable bonds is 5. The molecule has 0 aliphatic heterocycles. The molecule has 1 aliphatic rings. The second-order valence-electron chi connectivity index (χ2n) is 17.5. The summed E-state index contributed by atoms with van der Waals surface area (Å²) in [4.78, 5) is 4.93. The number of fused-ring (bicyclic) bond motifs is 6. The molecule has 0 amide bonds. The van der Waals surface area contributed by atoms with Gasteiger partial charge >= 0.3 is 0 Å². The maximum absolute atomic E-state index is 4.93. The lowest BCUT2D eigenvalue weighted by Crippen LogP contribution is -2.50. The molecule has 1 aromatic heterocycles. The Labute approximate surface area is 365 Å². The number of para-hydroxylation sites is 2. The highest BCUT2D eigenvalue weighted by Crippen LogP contribution is 2.51. The molecule has 0 spiro atoms. The molecule has 2 nitrogen and oxygen atoms in total. The van der Waals surface area contributed by atoms with E-state index in [1.165, 1.54) is 132 Å². The molecule has 10 heteroatoms. The van der Waals surface area contributed by atoms with Gasteiger partial charge in [-0.15, -0.1) is 21.9 Å². The Kier molecular flexibility index (Phi) is 8.59. The molecule has 0 saturated heterocycles. The Morgan fingerprint density at radius 3 is 1.43 bits per heavy atom. The predicted octanol–water partition coefficient (Wildman–Crippen LogP) is -0.237. The number of nitrogens with zero attached hydrogens (tertiary/aromatic N) is 2. The number of hydrogen-bond donors (Lipinski definition) is 0. The Morgan fingerprint density at radius 2 is 0.852 bits per heavy atom. The van der Waals surface area contributed by atoms with Crippen molar-refractivity contribution in [2.24, 2.45) is 0 Å². The molecular weight excluding hydrogens is 727 g/mol. The third-order valence-electron chi connectivity index (χ3n) is 14.8. The van der Waals surface area contributed by atoms with Crippen LogP contribution in [0.4, 0.5) is 0 Å². The van der Waals surface area contributed by atoms with E-state index in [4.69, 9.17) is 4.98 Å². The van der Waals surface area contributed by atoms with Crippen LogP contribution in [0.15, 0.2) is 127 Å². The van der Waals surface area contributed by atoms with Crippen LogP contribution in [-0.2, 0) is 6.42 Å². The highest BCUT2D eigenvalue weighted by atomic mass is 15.1. The summed E-state index contributed by atoms with van der Waals surface area (Å²) in [6.45, 7) is 2.18. The van der Waals surface area contributed by atoms with E-state index in [0.29, 0.717) is 0 Å². The van der Waals surface area contributed by atoms with Crippen molar-refractivity contribution in [3.63, 3.8) is 0 Å². The zero-order valence-corrected chi connectivity index (χ0v) is 36.7. The zero-order valence-electron chi connectivity index (χ0n) is 36.7. The average molecular weight is 769 g/mol. The third kappa shape index (κ3) is 5.30. The van der Waals surface area contributed by atoms with Crippen molar-refractivity contribution in [2.45, 2.75) is 13.3 Å². The van der Waals surface area contributed by atoms with Crippen LogP contribution < -0.4 is 43.7 Å². The van der Waals surface area contributed by atoms with Crippen molar-refractivity contribution >= 4 is 150 Å². The number of benzene rings is 9. The first kappa shape index (κ1) is 37.7. The SMILES string of the molecule is Bc1c(B)c(B)c2c(-c3ccc4c5c(cccc35)-c3ccccc3-4)c3c(B)c(B)c(B)c(B)c3c(-c3ccc(-c4ccc(-n5c(CC)nc6ccccc65)cc4)cc3)c2c1B. The van der Waals surface area contributed by atoms with Crippen LogP contribution in [-0.4, -0.2) is 72.3 Å². The van der Waals surface area contributed by atoms with Crippen LogP contribution in [0.1, 0.15) is 12.7 Å². The van der Waals surface area contributed by atoms with E-state index >= 15 is 0 Å². The minimum Gasteiger partial charge on any atom is -0.296 e. The molecular formula is C51H42B8N2. The summed E-state index contributed by atoms with van der Waals surface area (Å²) >= 11 is 0. The minimum atomic E-state index is 0.872. The van der Waals surface area contributed by atoms with Crippen LogP contribution in [0.3, 0.4) is 0 Å². The minimum absolute atomic E-state index is 0.872. The van der Waals surface area contributed by atoms with E-state index in [2.05, 4.69) is 202 Å². The maximum Gasteiger partial charge on any atom is 0.139 e. The van der Waals surface area contributed by atoms with E-state index in [9.17, 15) is 0 Å². The molecule has 61 heavy (non-hydrogen) atoms. The van der Waals surface area contributed by atoms with Crippen molar-refractivity contribution < 1.29 is 0 Å². The number of aromatic nitrogens is 2. The molecule has 11 rings (SSSR count). The van der Waals surface area contributed by atoms with Crippen molar-refractivity contribution in [3.05, 3.63) is 133 Å². The number of imidazole rings is 1. The van der Waals surface area contributed by atoms with Gasteiger partial charge in [-0.05, 0) is 112 Å². The maximum atomic E-state index is 4.93. The molecule has 0 atom stereocenters. The van der Waals surface area contributed by atoms with E-state index in [1.807, 2.05) is 0 Å². The first-order valence-electron chi connectivity index (χ1n) is 21.9. The summed E-state index contributed by atoms with van der Waals surface area (Å²) in [5, 5.41) is 8.20. The van der Waals surface area contributed by atoms with Gasteiger partial charge in [0.1, 0.15) is 68.6 Å². The predicted molar refractivity (Wildman–Crippen MR) is 289 cm³/mol. The number of hydrogen-bond acceptors (Lipinski definition) is 1. The molecule has 0 saturated carbocycles. The molecule has 0 fully saturated rings. The average Bonchev–Trinajstić information content (AvgIpc) is 3.85. The van der Waals surface area contributed by atoms with Crippen molar-refractivity contribution in [1.29, 1.82) is 0 Å². The first-order chi connectivity index (χ1) is 29.6. The Morgan fingerprint density at radius 1 is 0.393 bits per heavy atom. The monoisotopic (exact) mass is 770 g/mol. The molecule has 0 unspecified atom stereocenters. The molecule has 1 aliphatic carbocycles. The van der Waals surface area contributed by atoms with E-state index in [1.54, 1.807) is 0 Å². The highest BCUT2D eigenvalue weighted by Gasteiger charge is 2.28. The van der Waals surface area contributed by atoms with Gasteiger partial charge in [0.25, 0.3) is 0 Å². The van der Waals surface area contributed by atoms with Gasteiger partial charge in [0.15, 0.2) is 0 Å². The Hall–Kier alpha value is -6.25. The summed E-state index contributed by atoms with van der Waals surface area (Å²) in [5.74, 6) is 1.08. The lowest BCUT2D eigenvalue weighted by molar-refractivity contribution is 0.908. The Bertz CT molecular complexity index is 3430. The summed E-state index contributed by atoms with van der Waals surface area (Å²) in [5.41, 5.74) is 27.3. The molecule has 0 radical (unpaired) electrons. The van der Waals surface area contributed by atoms with Gasteiger partial charge < -0.3 is 0 Å². The molecule has 0 N–H and O–H groups in total. The quantitative estimate of drug-likeness (QED) is 0.175. The standard InChI is InChI=1S/C51H42B8N2/c1-2-36-60-34-12-5-6-13-35(34)61(36)27-20-18-25(19-21-27)24-14-16-26(17-15-24)37-40-42(46(54)50(58)48(56)44(40)52)39(43-41(37)45(53)49(57)51(59)47(43)55)33-23-22-32-29-9-4-3-8-28(29)30-10-7-11-31(33)38(30)32/h3-23H,2,52-59H2,1H3. The molecule has 9 aromatic carbocycles. The van der Waals surface area contributed by atoms with Crippen LogP contribution in [0.25, 0.3) is 105 Å². The normalized spacial score (nSPS) is 12.0. The van der Waals surface area contributed by atoms with Crippen molar-refractivity contribution in [1.82, 2.24) is 9.55 Å². The van der Waals surface area contributed by atoms with E-state index in [-0.39, 0.29) is 0 Å². The van der Waals surface area contributed by atoms with Crippen LogP contribution in [0.2, 0.25) is 0 Å². The van der Waals surface area contributed by atoms with E-state index < -0.39 is 0 Å². The van der Waals surface area contributed by atoms with Gasteiger partial charge in [-0.3, -0.25) is 4.57 Å². The largest absolute Gasteiger partial charge is 0.296 e. The van der Waals surface area contributed by atoms with Crippen LogP contribution >= 0.6 is 0 Å². The van der Waals surface area contributed by atoms with Gasteiger partial charge in [-0.1, -0.05) is 132 Å². The van der Waals surface area contributed by atoms with Crippen molar-refractivity contribution in [2.75, 3.05) is 0 Å². The van der Waals surface area contributed by atoms with Gasteiger partial charge in [0, 0.05) is 12.1 Å². The molecule has 280 valence electrons. The van der Waals surface area contributed by atoms with Gasteiger partial charge in [-0.2, -0.15) is 0 Å². The van der Waals surface area contributed by atoms with Gasteiger partial charge in [0.2, 0.25) is 0 Å². The number of aryl methyl sites for hydroxylation is 1. The molecule has 1 heterocycles. The summed E-state index contributed by atoms with van der Waals surface area (Å²) in [7, 11) is 18.7. The second-order valence-corrected chi connectivity index (χ2v) is 17.5. The fourth-order valence-electron chi connectivity index (χ4n) is 10.9. The van der Waals surface area contributed by atoms with Gasteiger partial charge in [-0.25, -0.2) is 4.98 Å². The third-order valence-corrected chi connectivity index (χ3v) is 14.8. The van der Waals surface area contributed by atoms with Crippen LogP contribution in [0, 0.1) is 0 Å². The fourth-order valence-corrected chi connectivity index (χ4v) is 10.9. The lowest BCUT2D eigenvalue weighted by Gasteiger charge is -2.28. The lowest BCUT2D eigenvalue weighted by atomic mass is 9.59. The van der Waals surface area contributed by atoms with Crippen LogP contribution in [0.5, 0.6) is 0 Å². The molecule has 10 aromatic rings. The first-order valence-corrected chi connectivity index (χ1v) is 21.9.